The smallest absolute Gasteiger partial charge is 0.339 e. The fourth-order valence-corrected chi connectivity index (χ4v) is 4.99. The highest BCUT2D eigenvalue weighted by Gasteiger charge is 2.23. The van der Waals surface area contributed by atoms with Crippen LogP contribution in [0.5, 0.6) is 17.2 Å². The Morgan fingerprint density at radius 3 is 2.24 bits per heavy atom. The summed E-state index contributed by atoms with van der Waals surface area (Å²) in [5, 5.41) is 25.7. The SMILES string of the molecule is COc1ccc([N+](=O)[O-])cc1NC(=O)/C(C#N)=C/c1cc(Br)c(OS(=O)(=O)c2ccc(NC(C)=O)cc2)c(OC)c1. The molecule has 0 bridgehead atoms. The summed E-state index contributed by atoms with van der Waals surface area (Å²) in [5.74, 6) is -1.30. The molecule has 13 nitrogen and oxygen atoms in total. The number of non-ortho nitro benzene ring substituents is 1. The number of nitrogens with zero attached hydrogens (tertiary/aromatic N) is 2. The van der Waals surface area contributed by atoms with Crippen molar-refractivity contribution in [2.24, 2.45) is 0 Å². The molecule has 0 fully saturated rings. The van der Waals surface area contributed by atoms with Gasteiger partial charge in [0.25, 0.3) is 11.6 Å². The number of carbonyl (C=O) groups excluding carboxylic acids is 2. The maximum atomic E-state index is 12.9. The minimum Gasteiger partial charge on any atom is -0.495 e. The number of benzene rings is 3. The van der Waals surface area contributed by atoms with Crippen molar-refractivity contribution in [1.82, 2.24) is 0 Å². The highest BCUT2D eigenvalue weighted by Crippen LogP contribution is 2.39. The zero-order valence-corrected chi connectivity index (χ0v) is 24.0. The van der Waals surface area contributed by atoms with Gasteiger partial charge >= 0.3 is 10.1 Å². The van der Waals surface area contributed by atoms with Crippen molar-refractivity contribution in [1.29, 1.82) is 5.26 Å². The third-order valence-corrected chi connectivity index (χ3v) is 7.05. The Hall–Kier alpha value is -4.94. The Morgan fingerprint density at radius 2 is 1.68 bits per heavy atom. The lowest BCUT2D eigenvalue weighted by Gasteiger charge is -2.14. The molecule has 0 aliphatic heterocycles. The van der Waals surface area contributed by atoms with Gasteiger partial charge < -0.3 is 24.3 Å². The molecule has 41 heavy (non-hydrogen) atoms. The van der Waals surface area contributed by atoms with E-state index in [4.69, 9.17) is 13.7 Å². The summed E-state index contributed by atoms with van der Waals surface area (Å²) in [7, 11) is -1.75. The van der Waals surface area contributed by atoms with Gasteiger partial charge in [-0.1, -0.05) is 0 Å². The topological polar surface area (TPSA) is 187 Å². The molecule has 3 aromatic carbocycles. The maximum Gasteiger partial charge on any atom is 0.339 e. The Kier molecular flexibility index (Phi) is 9.66. The Labute approximate surface area is 242 Å². The van der Waals surface area contributed by atoms with E-state index in [1.54, 1.807) is 6.07 Å². The van der Waals surface area contributed by atoms with Crippen LogP contribution in [0, 0.1) is 21.4 Å². The Balaban J connectivity index is 1.90. The molecule has 2 N–H and O–H groups in total. The monoisotopic (exact) mass is 644 g/mol. The van der Waals surface area contributed by atoms with Crippen LogP contribution in [-0.2, 0) is 19.7 Å². The number of carbonyl (C=O) groups is 2. The van der Waals surface area contributed by atoms with Gasteiger partial charge in [-0.2, -0.15) is 13.7 Å². The second-order valence-electron chi connectivity index (χ2n) is 8.04. The highest BCUT2D eigenvalue weighted by atomic mass is 79.9. The Bertz CT molecular complexity index is 1700. The summed E-state index contributed by atoms with van der Waals surface area (Å²) in [6.07, 6.45) is 1.20. The molecule has 0 heterocycles. The molecular weight excluding hydrogens is 624 g/mol. The van der Waals surface area contributed by atoms with Crippen LogP contribution in [-0.4, -0.2) is 39.4 Å². The van der Waals surface area contributed by atoms with E-state index in [0.29, 0.717) is 5.69 Å². The van der Waals surface area contributed by atoms with E-state index in [1.165, 1.54) is 75.8 Å². The van der Waals surface area contributed by atoms with E-state index in [9.17, 15) is 33.4 Å². The fourth-order valence-electron chi connectivity index (χ4n) is 3.38. The van der Waals surface area contributed by atoms with Crippen LogP contribution in [0.25, 0.3) is 6.08 Å². The van der Waals surface area contributed by atoms with Crippen LogP contribution < -0.4 is 24.3 Å². The summed E-state index contributed by atoms with van der Waals surface area (Å²) in [6, 6.07) is 13.4. The number of ether oxygens (including phenoxy) is 2. The molecule has 212 valence electrons. The van der Waals surface area contributed by atoms with Crippen molar-refractivity contribution in [2.45, 2.75) is 11.8 Å². The molecule has 0 saturated carbocycles. The van der Waals surface area contributed by atoms with Crippen molar-refractivity contribution in [3.63, 3.8) is 0 Å². The molecule has 0 spiro atoms. The molecule has 2 amide bonds. The van der Waals surface area contributed by atoms with Crippen molar-refractivity contribution in [3.8, 4) is 23.3 Å². The van der Waals surface area contributed by atoms with Gasteiger partial charge in [0.15, 0.2) is 11.5 Å². The second-order valence-corrected chi connectivity index (χ2v) is 10.4. The lowest BCUT2D eigenvalue weighted by atomic mass is 10.1. The third-order valence-electron chi connectivity index (χ3n) is 5.23. The van der Waals surface area contributed by atoms with Crippen molar-refractivity contribution in [2.75, 3.05) is 24.9 Å². The number of hydrogen-bond donors (Lipinski definition) is 2. The molecule has 0 radical (unpaired) electrons. The van der Waals surface area contributed by atoms with Gasteiger partial charge in [-0.3, -0.25) is 19.7 Å². The average Bonchev–Trinajstić information content (AvgIpc) is 2.92. The van der Waals surface area contributed by atoms with Gasteiger partial charge in [0.1, 0.15) is 22.3 Å². The molecule has 0 atom stereocenters. The number of nitro benzene ring substituents is 1. The fraction of sp³-hybridized carbons (Fsp3) is 0.115. The van der Waals surface area contributed by atoms with Gasteiger partial charge in [-0.05, 0) is 70.0 Å². The number of nitro groups is 1. The number of amides is 2. The Morgan fingerprint density at radius 1 is 1.02 bits per heavy atom. The average molecular weight is 645 g/mol. The van der Waals surface area contributed by atoms with Crippen LogP contribution in [0.1, 0.15) is 12.5 Å². The predicted molar refractivity (Wildman–Crippen MR) is 151 cm³/mol. The molecular formula is C26H21BrN4O9S. The van der Waals surface area contributed by atoms with Gasteiger partial charge in [0, 0.05) is 24.7 Å². The molecule has 0 aliphatic rings. The zero-order chi connectivity index (χ0) is 30.3. The molecule has 0 aromatic heterocycles. The highest BCUT2D eigenvalue weighted by molar-refractivity contribution is 9.10. The van der Waals surface area contributed by atoms with Crippen LogP contribution in [0.2, 0.25) is 0 Å². The lowest BCUT2D eigenvalue weighted by Crippen LogP contribution is -2.14. The molecule has 0 aliphatic carbocycles. The quantitative estimate of drug-likeness (QED) is 0.103. The number of halogens is 1. The second kappa shape index (κ2) is 12.9. The number of nitriles is 1. The minimum absolute atomic E-state index is 0.0225. The molecule has 0 unspecified atom stereocenters. The standard InChI is InChI=1S/C26H21BrN4O9S/c1-15(32)29-18-4-7-20(8-5-18)41(36,37)40-25-21(27)11-16(12-24(25)39-3)10-17(14-28)26(33)30-22-13-19(31(34)35)6-9-23(22)38-2/h4-13H,1-3H3,(H,29,32)(H,30,33)/b17-10+. The van der Waals surface area contributed by atoms with E-state index in [2.05, 4.69) is 26.6 Å². The molecule has 0 saturated heterocycles. The first-order chi connectivity index (χ1) is 19.4. The van der Waals surface area contributed by atoms with Gasteiger partial charge in [0.2, 0.25) is 5.91 Å². The number of rotatable bonds is 10. The molecule has 3 aromatic rings. The first-order valence-corrected chi connectivity index (χ1v) is 13.5. The normalized spacial score (nSPS) is 11.1. The van der Waals surface area contributed by atoms with E-state index in [-0.39, 0.29) is 55.0 Å². The van der Waals surface area contributed by atoms with Crippen LogP contribution in [0.4, 0.5) is 17.1 Å². The molecule has 15 heteroatoms. The number of methoxy groups -OCH3 is 2. The predicted octanol–water partition coefficient (Wildman–Crippen LogP) is 4.65. The first-order valence-electron chi connectivity index (χ1n) is 11.3. The van der Waals surface area contributed by atoms with E-state index >= 15 is 0 Å². The van der Waals surface area contributed by atoms with Gasteiger partial charge in [-0.25, -0.2) is 0 Å². The third kappa shape index (κ3) is 7.59. The lowest BCUT2D eigenvalue weighted by molar-refractivity contribution is -0.384. The van der Waals surface area contributed by atoms with Crippen LogP contribution in [0.15, 0.2) is 69.5 Å². The van der Waals surface area contributed by atoms with Gasteiger partial charge in [-0.15, -0.1) is 0 Å². The maximum absolute atomic E-state index is 12.9. The summed E-state index contributed by atoms with van der Waals surface area (Å²) in [6.45, 7) is 1.32. The summed E-state index contributed by atoms with van der Waals surface area (Å²) in [5.41, 5.74) is -0.0475. The zero-order valence-electron chi connectivity index (χ0n) is 21.6. The van der Waals surface area contributed by atoms with Crippen molar-refractivity contribution < 1.29 is 36.6 Å². The summed E-state index contributed by atoms with van der Waals surface area (Å²) >= 11 is 3.24. The largest absolute Gasteiger partial charge is 0.495 e. The van der Waals surface area contributed by atoms with E-state index < -0.39 is 20.9 Å². The number of hydrogen-bond acceptors (Lipinski definition) is 10. The molecule has 3 rings (SSSR count). The van der Waals surface area contributed by atoms with E-state index in [1.807, 2.05) is 0 Å². The number of nitrogens with one attached hydrogen (secondary N) is 2. The number of anilines is 2. The van der Waals surface area contributed by atoms with Crippen molar-refractivity contribution in [3.05, 3.63) is 80.3 Å². The summed E-state index contributed by atoms with van der Waals surface area (Å²) < 4.78 is 41.6. The summed E-state index contributed by atoms with van der Waals surface area (Å²) in [4.78, 5) is 34.3. The first kappa shape index (κ1) is 30.6. The minimum atomic E-state index is -4.33. The van der Waals surface area contributed by atoms with Crippen LogP contribution >= 0.6 is 15.9 Å². The van der Waals surface area contributed by atoms with Crippen LogP contribution in [0.3, 0.4) is 0 Å². The van der Waals surface area contributed by atoms with Crippen molar-refractivity contribution >= 4 is 61.0 Å². The van der Waals surface area contributed by atoms with E-state index in [0.717, 1.165) is 6.07 Å². The van der Waals surface area contributed by atoms with Gasteiger partial charge in [0.05, 0.1) is 29.3 Å².